The minimum absolute atomic E-state index is 0.0460. The number of thiazole rings is 1. The molecule has 1 unspecified atom stereocenters. The van der Waals surface area contributed by atoms with Crippen LogP contribution < -0.4 is 5.32 Å². The Bertz CT molecular complexity index is 856. The van der Waals surface area contributed by atoms with Crippen LogP contribution in [0.15, 0.2) is 30.6 Å². The molecule has 126 valence electrons. The molecule has 0 fully saturated rings. The molecule has 0 saturated carbocycles. The van der Waals surface area contributed by atoms with Crippen molar-refractivity contribution in [3.63, 3.8) is 0 Å². The number of benzene rings is 1. The number of nitrogens with one attached hydrogen (secondary N) is 1. The lowest BCUT2D eigenvalue weighted by Crippen LogP contribution is -2.18. The van der Waals surface area contributed by atoms with E-state index in [4.69, 9.17) is 0 Å². The van der Waals surface area contributed by atoms with Crippen LogP contribution in [0.5, 0.6) is 0 Å². The van der Waals surface area contributed by atoms with Crippen molar-refractivity contribution in [2.45, 2.75) is 33.4 Å². The molecule has 4 nitrogen and oxygen atoms in total. The first-order chi connectivity index (χ1) is 11.5. The average Bonchev–Trinajstić information content (AvgIpc) is 3.11. The van der Waals surface area contributed by atoms with Crippen LogP contribution in [-0.4, -0.2) is 14.8 Å². The highest BCUT2D eigenvalue weighted by atomic mass is 32.1. The van der Waals surface area contributed by atoms with Gasteiger partial charge < -0.3 is 5.32 Å². The van der Waals surface area contributed by atoms with Crippen LogP contribution in [0.25, 0.3) is 5.69 Å². The summed E-state index contributed by atoms with van der Waals surface area (Å²) >= 11 is 1.65. The Kier molecular flexibility index (Phi) is 4.73. The molecule has 1 aromatic carbocycles. The van der Waals surface area contributed by atoms with Crippen molar-refractivity contribution >= 4 is 11.3 Å². The summed E-state index contributed by atoms with van der Waals surface area (Å²) in [6, 6.07) is 3.54. The summed E-state index contributed by atoms with van der Waals surface area (Å²) in [4.78, 5) is 5.40. The average molecular weight is 348 g/mol. The monoisotopic (exact) mass is 348 g/mol. The fourth-order valence-corrected chi connectivity index (χ4v) is 3.34. The minimum atomic E-state index is -0.631. The van der Waals surface area contributed by atoms with Gasteiger partial charge in [-0.1, -0.05) is 0 Å². The van der Waals surface area contributed by atoms with Gasteiger partial charge in [0.1, 0.15) is 11.5 Å². The molecule has 0 aliphatic carbocycles. The fourth-order valence-electron chi connectivity index (χ4n) is 2.59. The number of nitrogens with zero attached hydrogens (tertiary/aromatic N) is 3. The molecular weight excluding hydrogens is 330 g/mol. The zero-order valence-electron chi connectivity index (χ0n) is 13.7. The third kappa shape index (κ3) is 3.37. The molecule has 0 amide bonds. The molecular formula is C17H18F2N4S. The van der Waals surface area contributed by atoms with E-state index in [-0.39, 0.29) is 11.7 Å². The number of rotatable bonds is 5. The largest absolute Gasteiger partial charge is 0.305 e. The quantitative estimate of drug-likeness (QED) is 0.756. The lowest BCUT2D eigenvalue weighted by Gasteiger charge is -2.13. The molecule has 0 radical (unpaired) electrons. The van der Waals surface area contributed by atoms with E-state index in [0.717, 1.165) is 27.2 Å². The maximum absolute atomic E-state index is 14.0. The molecule has 0 bridgehead atoms. The van der Waals surface area contributed by atoms with Crippen LogP contribution >= 0.6 is 11.3 Å². The van der Waals surface area contributed by atoms with Crippen molar-refractivity contribution in [2.75, 3.05) is 0 Å². The Balaban J connectivity index is 1.78. The lowest BCUT2D eigenvalue weighted by atomic mass is 10.1. The van der Waals surface area contributed by atoms with E-state index in [2.05, 4.69) is 15.4 Å². The highest BCUT2D eigenvalue weighted by Crippen LogP contribution is 2.23. The van der Waals surface area contributed by atoms with Gasteiger partial charge in [0.2, 0.25) is 0 Å². The van der Waals surface area contributed by atoms with Crippen molar-refractivity contribution < 1.29 is 8.78 Å². The molecule has 0 saturated heterocycles. The van der Waals surface area contributed by atoms with E-state index in [1.165, 1.54) is 16.8 Å². The van der Waals surface area contributed by atoms with Gasteiger partial charge in [0.05, 0.1) is 11.2 Å². The summed E-state index contributed by atoms with van der Waals surface area (Å²) in [5, 5.41) is 8.72. The van der Waals surface area contributed by atoms with Gasteiger partial charge in [-0.15, -0.1) is 11.3 Å². The van der Waals surface area contributed by atoms with Crippen LogP contribution in [0.3, 0.4) is 0 Å². The molecule has 24 heavy (non-hydrogen) atoms. The minimum Gasteiger partial charge on any atom is -0.305 e. The van der Waals surface area contributed by atoms with Crippen LogP contribution in [0, 0.1) is 25.5 Å². The Morgan fingerprint density at radius 3 is 2.71 bits per heavy atom. The summed E-state index contributed by atoms with van der Waals surface area (Å²) < 4.78 is 28.6. The first-order valence-electron chi connectivity index (χ1n) is 7.60. The van der Waals surface area contributed by atoms with Gasteiger partial charge in [-0.25, -0.2) is 18.4 Å². The van der Waals surface area contributed by atoms with Gasteiger partial charge >= 0.3 is 0 Å². The molecule has 0 spiro atoms. The Morgan fingerprint density at radius 2 is 2.04 bits per heavy atom. The first kappa shape index (κ1) is 16.7. The second-order valence-corrected chi connectivity index (χ2v) is 6.96. The molecule has 1 N–H and O–H groups in total. The summed E-state index contributed by atoms with van der Waals surface area (Å²) in [7, 11) is 0. The summed E-state index contributed by atoms with van der Waals surface area (Å²) in [5.41, 5.74) is 2.03. The molecule has 0 aliphatic heterocycles. The predicted molar refractivity (Wildman–Crippen MR) is 90.3 cm³/mol. The zero-order chi connectivity index (χ0) is 17.3. The van der Waals surface area contributed by atoms with Crippen LogP contribution in [0.2, 0.25) is 0 Å². The van der Waals surface area contributed by atoms with Crippen molar-refractivity contribution in [1.82, 2.24) is 20.1 Å². The fraction of sp³-hybridized carbons (Fsp3) is 0.294. The summed E-state index contributed by atoms with van der Waals surface area (Å²) in [6.45, 7) is 6.59. The maximum Gasteiger partial charge on any atom is 0.151 e. The third-order valence-electron chi connectivity index (χ3n) is 3.90. The molecule has 1 atom stereocenters. The van der Waals surface area contributed by atoms with E-state index in [0.29, 0.717) is 6.54 Å². The van der Waals surface area contributed by atoms with Crippen molar-refractivity contribution in [2.24, 2.45) is 0 Å². The Morgan fingerprint density at radius 1 is 1.25 bits per heavy atom. The highest BCUT2D eigenvalue weighted by Gasteiger charge is 2.16. The number of hydrogen-bond donors (Lipinski definition) is 1. The Labute approximate surface area is 143 Å². The van der Waals surface area contributed by atoms with Gasteiger partial charge in [0, 0.05) is 41.0 Å². The number of aromatic nitrogens is 3. The van der Waals surface area contributed by atoms with E-state index >= 15 is 0 Å². The first-order valence-corrected chi connectivity index (χ1v) is 8.42. The molecule has 3 aromatic rings. The van der Waals surface area contributed by atoms with Crippen LogP contribution in [-0.2, 0) is 6.54 Å². The van der Waals surface area contributed by atoms with E-state index in [9.17, 15) is 8.78 Å². The van der Waals surface area contributed by atoms with Gasteiger partial charge in [-0.3, -0.25) is 0 Å². The standard InChI is InChI=1S/C17H18F2N4S/c1-10(20-7-14-8-21-12(3)24-14)15-9-22-23(11(15)2)17-5-4-13(18)6-16(17)19/h4-6,8-10,20H,7H2,1-3H3. The Hall–Kier alpha value is -2.12. The zero-order valence-corrected chi connectivity index (χ0v) is 14.5. The SMILES string of the molecule is Cc1ncc(CNC(C)c2cnn(-c3ccc(F)cc3F)c2C)s1. The summed E-state index contributed by atoms with van der Waals surface area (Å²) in [5.74, 6) is -1.23. The predicted octanol–water partition coefficient (Wildman–Crippen LogP) is 4.07. The van der Waals surface area contributed by atoms with Gasteiger partial charge in [0.25, 0.3) is 0 Å². The van der Waals surface area contributed by atoms with Crippen molar-refractivity contribution in [3.8, 4) is 5.69 Å². The second kappa shape index (κ2) is 6.78. The van der Waals surface area contributed by atoms with Crippen molar-refractivity contribution in [3.05, 3.63) is 63.4 Å². The van der Waals surface area contributed by atoms with Crippen LogP contribution in [0.4, 0.5) is 8.78 Å². The molecule has 2 aromatic heterocycles. The molecule has 2 heterocycles. The van der Waals surface area contributed by atoms with Gasteiger partial charge in [-0.05, 0) is 32.9 Å². The molecule has 3 rings (SSSR count). The van der Waals surface area contributed by atoms with Gasteiger partial charge in [0.15, 0.2) is 5.82 Å². The normalized spacial score (nSPS) is 12.5. The van der Waals surface area contributed by atoms with Gasteiger partial charge in [-0.2, -0.15) is 5.10 Å². The van der Waals surface area contributed by atoms with E-state index in [1.54, 1.807) is 17.5 Å². The lowest BCUT2D eigenvalue weighted by molar-refractivity contribution is 0.568. The maximum atomic E-state index is 14.0. The smallest absolute Gasteiger partial charge is 0.151 e. The third-order valence-corrected chi connectivity index (χ3v) is 4.82. The van der Waals surface area contributed by atoms with E-state index in [1.807, 2.05) is 27.0 Å². The van der Waals surface area contributed by atoms with E-state index < -0.39 is 11.6 Å². The number of aryl methyl sites for hydroxylation is 1. The topological polar surface area (TPSA) is 42.7 Å². The highest BCUT2D eigenvalue weighted by molar-refractivity contribution is 7.11. The number of hydrogen-bond acceptors (Lipinski definition) is 4. The van der Waals surface area contributed by atoms with Crippen molar-refractivity contribution in [1.29, 1.82) is 0 Å². The summed E-state index contributed by atoms with van der Waals surface area (Å²) in [6.07, 6.45) is 3.58. The molecule has 7 heteroatoms. The number of halogens is 2. The van der Waals surface area contributed by atoms with Crippen LogP contribution in [0.1, 0.15) is 34.1 Å². The molecule has 0 aliphatic rings. The second-order valence-electron chi connectivity index (χ2n) is 5.64.